The van der Waals surface area contributed by atoms with Crippen LogP contribution in [-0.4, -0.2) is 15.5 Å². The minimum Gasteiger partial charge on any atom is -0.302 e. The normalized spacial score (nSPS) is 10.4. The Morgan fingerprint density at radius 1 is 1.17 bits per heavy atom. The summed E-state index contributed by atoms with van der Waals surface area (Å²) >= 11 is 3.36. The molecular formula is C18H14BrN3O2. The number of anilines is 1. The predicted molar refractivity (Wildman–Crippen MR) is 96.7 cm³/mol. The van der Waals surface area contributed by atoms with Gasteiger partial charge in [0.2, 0.25) is 0 Å². The molecule has 1 heterocycles. The number of rotatable bonds is 3. The molecule has 0 atom stereocenters. The van der Waals surface area contributed by atoms with Crippen LogP contribution in [0.15, 0.2) is 70.2 Å². The second kappa shape index (κ2) is 6.80. The lowest BCUT2D eigenvalue weighted by molar-refractivity contribution is 0.102. The van der Waals surface area contributed by atoms with Gasteiger partial charge in [0.1, 0.15) is 0 Å². The Balaban J connectivity index is 1.92. The Bertz CT molecular complexity index is 949. The van der Waals surface area contributed by atoms with E-state index in [1.54, 1.807) is 36.5 Å². The fraction of sp³-hybridized carbons (Fsp3) is 0.0556. The monoisotopic (exact) mass is 383 g/mol. The first kappa shape index (κ1) is 16.1. The van der Waals surface area contributed by atoms with E-state index in [9.17, 15) is 9.59 Å². The van der Waals surface area contributed by atoms with Gasteiger partial charge in [0.05, 0.1) is 0 Å². The maximum absolute atomic E-state index is 12.6. The van der Waals surface area contributed by atoms with Gasteiger partial charge in [0, 0.05) is 28.1 Å². The Morgan fingerprint density at radius 2 is 1.92 bits per heavy atom. The SMILES string of the molecule is Cc1cccc(C(=O)Nc2nccn(-c3ccc(Br)cc3)c2=O)c1. The molecule has 0 saturated carbocycles. The molecule has 0 aliphatic rings. The number of carbonyl (C=O) groups excluding carboxylic acids is 1. The van der Waals surface area contributed by atoms with Gasteiger partial charge in [-0.15, -0.1) is 0 Å². The van der Waals surface area contributed by atoms with Gasteiger partial charge >= 0.3 is 0 Å². The van der Waals surface area contributed by atoms with E-state index in [4.69, 9.17) is 0 Å². The van der Waals surface area contributed by atoms with Crippen molar-refractivity contribution in [2.75, 3.05) is 5.32 Å². The van der Waals surface area contributed by atoms with Crippen LogP contribution in [0.5, 0.6) is 0 Å². The third-order valence-electron chi connectivity index (χ3n) is 3.46. The predicted octanol–water partition coefficient (Wildman–Crippen LogP) is 3.56. The van der Waals surface area contributed by atoms with Crippen LogP contribution >= 0.6 is 15.9 Å². The molecule has 2 aromatic carbocycles. The summed E-state index contributed by atoms with van der Waals surface area (Å²) in [5.41, 5.74) is 1.75. The molecule has 0 radical (unpaired) electrons. The summed E-state index contributed by atoms with van der Waals surface area (Å²) in [4.78, 5) is 28.9. The number of aromatic nitrogens is 2. The molecule has 0 unspecified atom stereocenters. The first-order chi connectivity index (χ1) is 11.5. The second-order valence-electron chi connectivity index (χ2n) is 5.25. The minimum absolute atomic E-state index is 0.00748. The summed E-state index contributed by atoms with van der Waals surface area (Å²) in [6.45, 7) is 1.90. The lowest BCUT2D eigenvalue weighted by atomic mass is 10.1. The van der Waals surface area contributed by atoms with E-state index in [0.29, 0.717) is 11.3 Å². The van der Waals surface area contributed by atoms with E-state index in [1.165, 1.54) is 10.8 Å². The average Bonchev–Trinajstić information content (AvgIpc) is 2.58. The van der Waals surface area contributed by atoms with Gasteiger partial charge < -0.3 is 5.32 Å². The summed E-state index contributed by atoms with van der Waals surface area (Å²) in [6.07, 6.45) is 3.04. The minimum atomic E-state index is -0.388. The number of aryl methyl sites for hydroxylation is 1. The van der Waals surface area contributed by atoms with Crippen molar-refractivity contribution in [1.29, 1.82) is 0 Å². The fourth-order valence-corrected chi connectivity index (χ4v) is 2.53. The highest BCUT2D eigenvalue weighted by atomic mass is 79.9. The molecule has 0 saturated heterocycles. The third kappa shape index (κ3) is 3.44. The highest BCUT2D eigenvalue weighted by Gasteiger charge is 2.12. The molecule has 5 nitrogen and oxygen atoms in total. The van der Waals surface area contributed by atoms with Crippen LogP contribution in [0.2, 0.25) is 0 Å². The summed E-state index contributed by atoms with van der Waals surface area (Å²) in [5.74, 6) is -0.371. The van der Waals surface area contributed by atoms with E-state index >= 15 is 0 Å². The van der Waals surface area contributed by atoms with Crippen molar-refractivity contribution in [1.82, 2.24) is 9.55 Å². The van der Waals surface area contributed by atoms with Crippen LogP contribution in [-0.2, 0) is 0 Å². The molecular weight excluding hydrogens is 370 g/mol. The van der Waals surface area contributed by atoms with Gasteiger partial charge in [-0.1, -0.05) is 33.6 Å². The van der Waals surface area contributed by atoms with Gasteiger partial charge in [-0.2, -0.15) is 0 Å². The van der Waals surface area contributed by atoms with Crippen molar-refractivity contribution in [3.05, 3.63) is 86.9 Å². The van der Waals surface area contributed by atoms with Gasteiger partial charge in [-0.25, -0.2) is 4.98 Å². The highest BCUT2D eigenvalue weighted by Crippen LogP contribution is 2.13. The number of amides is 1. The molecule has 0 aliphatic heterocycles. The number of hydrogen-bond acceptors (Lipinski definition) is 3. The molecule has 0 bridgehead atoms. The Hall–Kier alpha value is -2.73. The number of nitrogens with one attached hydrogen (secondary N) is 1. The van der Waals surface area contributed by atoms with Gasteiger partial charge in [0.25, 0.3) is 11.5 Å². The molecule has 1 aromatic heterocycles. The quantitative estimate of drug-likeness (QED) is 0.751. The number of carbonyl (C=O) groups is 1. The molecule has 3 aromatic rings. The summed E-state index contributed by atoms with van der Waals surface area (Å²) in [5, 5.41) is 2.58. The van der Waals surface area contributed by atoms with E-state index in [-0.39, 0.29) is 17.3 Å². The van der Waals surface area contributed by atoms with Crippen molar-refractivity contribution >= 4 is 27.7 Å². The molecule has 6 heteroatoms. The van der Waals surface area contributed by atoms with Crippen molar-refractivity contribution < 1.29 is 4.79 Å². The Labute approximate surface area is 147 Å². The number of benzene rings is 2. The van der Waals surface area contributed by atoms with Gasteiger partial charge in [0.15, 0.2) is 5.82 Å². The van der Waals surface area contributed by atoms with Crippen molar-refractivity contribution in [2.45, 2.75) is 6.92 Å². The number of halogens is 1. The maximum atomic E-state index is 12.6. The summed E-state index contributed by atoms with van der Waals surface area (Å²) in [6, 6.07) is 14.4. The molecule has 0 aliphatic carbocycles. The van der Waals surface area contributed by atoms with Crippen LogP contribution in [0.1, 0.15) is 15.9 Å². The standard InChI is InChI=1S/C18H14BrN3O2/c1-12-3-2-4-13(11-12)17(23)21-16-18(24)22(10-9-20-16)15-7-5-14(19)6-8-15/h2-11H,1H3,(H,20,21,23). The van der Waals surface area contributed by atoms with Crippen LogP contribution in [0.4, 0.5) is 5.82 Å². The van der Waals surface area contributed by atoms with E-state index in [1.807, 2.05) is 25.1 Å². The van der Waals surface area contributed by atoms with Gasteiger partial charge in [-0.3, -0.25) is 14.2 Å². The lowest BCUT2D eigenvalue weighted by Gasteiger charge is -2.09. The van der Waals surface area contributed by atoms with E-state index in [2.05, 4.69) is 26.2 Å². The first-order valence-electron chi connectivity index (χ1n) is 7.26. The topological polar surface area (TPSA) is 64.0 Å². The van der Waals surface area contributed by atoms with E-state index < -0.39 is 0 Å². The summed E-state index contributed by atoms with van der Waals surface area (Å²) in [7, 11) is 0. The lowest BCUT2D eigenvalue weighted by Crippen LogP contribution is -2.26. The number of nitrogens with zero attached hydrogens (tertiary/aromatic N) is 2. The van der Waals surface area contributed by atoms with Crippen LogP contribution in [0, 0.1) is 6.92 Å². The van der Waals surface area contributed by atoms with Crippen molar-refractivity contribution in [3.63, 3.8) is 0 Å². The molecule has 3 rings (SSSR count). The van der Waals surface area contributed by atoms with Crippen LogP contribution < -0.4 is 10.9 Å². The Kier molecular flexibility index (Phi) is 4.57. The summed E-state index contributed by atoms with van der Waals surface area (Å²) < 4.78 is 2.35. The zero-order valence-corrected chi connectivity index (χ0v) is 14.4. The van der Waals surface area contributed by atoms with Crippen LogP contribution in [0.25, 0.3) is 5.69 Å². The van der Waals surface area contributed by atoms with Crippen molar-refractivity contribution in [3.8, 4) is 5.69 Å². The number of hydrogen-bond donors (Lipinski definition) is 1. The molecule has 0 spiro atoms. The second-order valence-corrected chi connectivity index (χ2v) is 6.17. The molecule has 120 valence electrons. The van der Waals surface area contributed by atoms with Gasteiger partial charge in [-0.05, 0) is 43.3 Å². The van der Waals surface area contributed by atoms with Crippen LogP contribution in [0.3, 0.4) is 0 Å². The maximum Gasteiger partial charge on any atom is 0.298 e. The zero-order valence-electron chi connectivity index (χ0n) is 12.9. The first-order valence-corrected chi connectivity index (χ1v) is 8.05. The molecule has 0 fully saturated rings. The molecule has 24 heavy (non-hydrogen) atoms. The largest absolute Gasteiger partial charge is 0.302 e. The van der Waals surface area contributed by atoms with Crippen molar-refractivity contribution in [2.24, 2.45) is 0 Å². The smallest absolute Gasteiger partial charge is 0.298 e. The molecule has 1 N–H and O–H groups in total. The fourth-order valence-electron chi connectivity index (χ4n) is 2.27. The molecule has 1 amide bonds. The van der Waals surface area contributed by atoms with E-state index in [0.717, 1.165) is 10.0 Å². The Morgan fingerprint density at radius 3 is 2.62 bits per heavy atom. The zero-order chi connectivity index (χ0) is 17.1. The third-order valence-corrected chi connectivity index (χ3v) is 3.99. The highest BCUT2D eigenvalue weighted by molar-refractivity contribution is 9.10. The average molecular weight is 384 g/mol.